The van der Waals surface area contributed by atoms with Crippen molar-refractivity contribution < 1.29 is 4.74 Å². The molecule has 0 heterocycles. The number of methoxy groups -OCH3 is 1. The van der Waals surface area contributed by atoms with E-state index in [1.165, 1.54) is 16.7 Å². The maximum Gasteiger partial charge on any atom is 0.118 e. The summed E-state index contributed by atoms with van der Waals surface area (Å²) in [6.45, 7) is 5.16. The number of hydrogen-bond acceptors (Lipinski definition) is 2. The lowest BCUT2D eigenvalue weighted by Crippen LogP contribution is -2.17. The topological polar surface area (TPSA) is 21.3 Å². The lowest BCUT2D eigenvalue weighted by molar-refractivity contribution is 0.414. The molecule has 0 aliphatic rings. The minimum absolute atomic E-state index is 0.350. The molecule has 1 N–H and O–H groups in total. The Bertz CT molecular complexity index is 502. The Labute approximate surface area is 115 Å². The number of rotatable bonds is 5. The summed E-state index contributed by atoms with van der Waals surface area (Å²) in [7, 11) is 1.69. The third kappa shape index (κ3) is 3.83. The van der Waals surface area contributed by atoms with Crippen LogP contribution in [0.1, 0.15) is 29.7 Å². The highest BCUT2D eigenvalue weighted by atomic mass is 16.5. The molecule has 0 radical (unpaired) electrons. The highest BCUT2D eigenvalue weighted by Gasteiger charge is 2.04. The number of nitrogens with one attached hydrogen (secondary N) is 1. The zero-order chi connectivity index (χ0) is 13.7. The van der Waals surface area contributed by atoms with Gasteiger partial charge in [0.05, 0.1) is 7.11 Å². The smallest absolute Gasteiger partial charge is 0.118 e. The Kier molecular flexibility index (Phi) is 4.58. The van der Waals surface area contributed by atoms with Gasteiger partial charge in [0.15, 0.2) is 0 Å². The summed E-state index contributed by atoms with van der Waals surface area (Å²) in [6.07, 6.45) is 0. The van der Waals surface area contributed by atoms with Gasteiger partial charge in [-0.15, -0.1) is 0 Å². The molecule has 0 unspecified atom stereocenters. The van der Waals surface area contributed by atoms with E-state index in [1.54, 1.807) is 7.11 Å². The van der Waals surface area contributed by atoms with Crippen molar-refractivity contribution in [2.24, 2.45) is 0 Å². The summed E-state index contributed by atoms with van der Waals surface area (Å²) in [4.78, 5) is 0. The Morgan fingerprint density at radius 3 is 2.21 bits per heavy atom. The molecular weight excluding hydrogens is 234 g/mol. The van der Waals surface area contributed by atoms with Gasteiger partial charge in [0, 0.05) is 12.6 Å². The molecule has 0 fully saturated rings. The van der Waals surface area contributed by atoms with Crippen molar-refractivity contribution in [3.63, 3.8) is 0 Å². The van der Waals surface area contributed by atoms with Crippen LogP contribution >= 0.6 is 0 Å². The van der Waals surface area contributed by atoms with Gasteiger partial charge >= 0.3 is 0 Å². The van der Waals surface area contributed by atoms with Gasteiger partial charge in [0.25, 0.3) is 0 Å². The normalized spacial score (nSPS) is 12.2. The molecule has 1 atom stereocenters. The van der Waals surface area contributed by atoms with Gasteiger partial charge in [0.2, 0.25) is 0 Å². The Hall–Kier alpha value is -1.80. The zero-order valence-corrected chi connectivity index (χ0v) is 11.8. The first-order valence-corrected chi connectivity index (χ1v) is 6.62. The molecule has 2 nitrogen and oxygen atoms in total. The van der Waals surface area contributed by atoms with Crippen molar-refractivity contribution in [1.82, 2.24) is 5.32 Å². The molecule has 2 aromatic carbocycles. The molecule has 100 valence electrons. The van der Waals surface area contributed by atoms with Gasteiger partial charge in [-0.1, -0.05) is 42.0 Å². The monoisotopic (exact) mass is 255 g/mol. The maximum atomic E-state index is 5.15. The van der Waals surface area contributed by atoms with Gasteiger partial charge in [0.1, 0.15) is 5.75 Å². The van der Waals surface area contributed by atoms with E-state index in [0.717, 1.165) is 12.3 Å². The van der Waals surface area contributed by atoms with Crippen LogP contribution in [0.3, 0.4) is 0 Å². The van der Waals surface area contributed by atoms with E-state index in [-0.39, 0.29) is 0 Å². The second-order valence-corrected chi connectivity index (χ2v) is 4.86. The quantitative estimate of drug-likeness (QED) is 0.876. The molecule has 0 aliphatic heterocycles. The second-order valence-electron chi connectivity index (χ2n) is 4.86. The predicted octanol–water partition coefficient (Wildman–Crippen LogP) is 3.85. The third-order valence-corrected chi connectivity index (χ3v) is 3.35. The molecule has 0 bridgehead atoms. The van der Waals surface area contributed by atoms with E-state index in [1.807, 2.05) is 12.1 Å². The minimum atomic E-state index is 0.350. The molecule has 0 saturated carbocycles. The summed E-state index contributed by atoms with van der Waals surface area (Å²) >= 11 is 0. The van der Waals surface area contributed by atoms with Gasteiger partial charge in [-0.2, -0.15) is 0 Å². The van der Waals surface area contributed by atoms with Crippen molar-refractivity contribution >= 4 is 0 Å². The zero-order valence-electron chi connectivity index (χ0n) is 11.8. The average molecular weight is 255 g/mol. The number of ether oxygens (including phenoxy) is 1. The van der Waals surface area contributed by atoms with Crippen LogP contribution in [0, 0.1) is 6.92 Å². The molecule has 0 spiro atoms. The van der Waals surface area contributed by atoms with E-state index >= 15 is 0 Å². The molecule has 0 aliphatic carbocycles. The molecule has 0 amide bonds. The first-order chi connectivity index (χ1) is 9.19. The Balaban J connectivity index is 1.92. The van der Waals surface area contributed by atoms with Gasteiger partial charge in [-0.05, 0) is 37.1 Å². The van der Waals surface area contributed by atoms with E-state index in [2.05, 4.69) is 55.6 Å². The molecule has 0 aromatic heterocycles. The summed E-state index contributed by atoms with van der Waals surface area (Å²) in [5.74, 6) is 0.898. The summed E-state index contributed by atoms with van der Waals surface area (Å²) < 4.78 is 5.15. The molecule has 2 heteroatoms. The third-order valence-electron chi connectivity index (χ3n) is 3.35. The highest BCUT2D eigenvalue weighted by Crippen LogP contribution is 2.15. The molecule has 2 aromatic rings. The first-order valence-electron chi connectivity index (χ1n) is 6.62. The highest BCUT2D eigenvalue weighted by molar-refractivity contribution is 5.27. The first kappa shape index (κ1) is 13.6. The van der Waals surface area contributed by atoms with Crippen molar-refractivity contribution in [2.45, 2.75) is 26.4 Å². The molecule has 0 saturated heterocycles. The van der Waals surface area contributed by atoms with Gasteiger partial charge < -0.3 is 10.1 Å². The SMILES string of the molecule is COc1ccc(CN[C@@H](C)c2ccc(C)cc2)cc1. The van der Waals surface area contributed by atoms with Crippen molar-refractivity contribution in [3.05, 3.63) is 65.2 Å². The fraction of sp³-hybridized carbons (Fsp3) is 0.294. The lowest BCUT2D eigenvalue weighted by atomic mass is 10.1. The Morgan fingerprint density at radius 2 is 1.63 bits per heavy atom. The fourth-order valence-electron chi connectivity index (χ4n) is 1.99. The van der Waals surface area contributed by atoms with E-state index < -0.39 is 0 Å². The summed E-state index contributed by atoms with van der Waals surface area (Å²) in [5, 5.41) is 3.53. The van der Waals surface area contributed by atoms with Crippen LogP contribution < -0.4 is 10.1 Å². The van der Waals surface area contributed by atoms with Crippen LogP contribution in [0.2, 0.25) is 0 Å². The Morgan fingerprint density at radius 1 is 1.00 bits per heavy atom. The standard InChI is InChI=1S/C17H21NO/c1-13-4-8-16(9-5-13)14(2)18-12-15-6-10-17(19-3)11-7-15/h4-11,14,18H,12H2,1-3H3/t14-/m0/s1. The molecule has 19 heavy (non-hydrogen) atoms. The van der Waals surface area contributed by atoms with Crippen molar-refractivity contribution in [2.75, 3.05) is 7.11 Å². The van der Waals surface area contributed by atoms with Crippen LogP contribution in [0.15, 0.2) is 48.5 Å². The van der Waals surface area contributed by atoms with Crippen LogP contribution in [-0.2, 0) is 6.54 Å². The molecular formula is C17H21NO. The second kappa shape index (κ2) is 6.39. The van der Waals surface area contributed by atoms with E-state index in [4.69, 9.17) is 4.74 Å². The van der Waals surface area contributed by atoms with Gasteiger partial charge in [-0.25, -0.2) is 0 Å². The summed E-state index contributed by atoms with van der Waals surface area (Å²) in [5.41, 5.74) is 3.88. The molecule has 2 rings (SSSR count). The predicted molar refractivity (Wildman–Crippen MR) is 79.4 cm³/mol. The number of aryl methyl sites for hydroxylation is 1. The van der Waals surface area contributed by atoms with E-state index in [9.17, 15) is 0 Å². The fourth-order valence-corrected chi connectivity index (χ4v) is 1.99. The number of benzene rings is 2. The van der Waals surface area contributed by atoms with Gasteiger partial charge in [-0.3, -0.25) is 0 Å². The van der Waals surface area contributed by atoms with E-state index in [0.29, 0.717) is 6.04 Å². The van der Waals surface area contributed by atoms with Crippen LogP contribution in [0.5, 0.6) is 5.75 Å². The largest absolute Gasteiger partial charge is 0.497 e. The summed E-state index contributed by atoms with van der Waals surface area (Å²) in [6, 6.07) is 17.2. The average Bonchev–Trinajstić information content (AvgIpc) is 2.46. The minimum Gasteiger partial charge on any atom is -0.497 e. The maximum absolute atomic E-state index is 5.15. The lowest BCUT2D eigenvalue weighted by Gasteiger charge is -2.14. The number of hydrogen-bond donors (Lipinski definition) is 1. The van der Waals surface area contributed by atoms with Crippen molar-refractivity contribution in [1.29, 1.82) is 0 Å². The van der Waals surface area contributed by atoms with Crippen LogP contribution in [0.25, 0.3) is 0 Å². The van der Waals surface area contributed by atoms with Crippen molar-refractivity contribution in [3.8, 4) is 5.75 Å². The van der Waals surface area contributed by atoms with Crippen LogP contribution in [-0.4, -0.2) is 7.11 Å². The van der Waals surface area contributed by atoms with Crippen LogP contribution in [0.4, 0.5) is 0 Å².